The van der Waals surface area contributed by atoms with Gasteiger partial charge in [0.2, 0.25) is 0 Å². The van der Waals surface area contributed by atoms with Crippen molar-refractivity contribution in [3.63, 3.8) is 0 Å². The third kappa shape index (κ3) is 4.25. The number of carbonyl (C=O) groups is 1. The number of ether oxygens (including phenoxy) is 1. The van der Waals surface area contributed by atoms with Crippen LogP contribution in [-0.2, 0) is 9.53 Å². The zero-order valence-corrected chi connectivity index (χ0v) is 11.2. The van der Waals surface area contributed by atoms with Crippen LogP contribution in [0.1, 0.15) is 38.9 Å². The fourth-order valence-electron chi connectivity index (χ4n) is 1.75. The van der Waals surface area contributed by atoms with Crippen LogP contribution in [0.15, 0.2) is 30.3 Å². The van der Waals surface area contributed by atoms with Crippen LogP contribution in [0.25, 0.3) is 0 Å². The maximum absolute atomic E-state index is 11.9. The van der Waals surface area contributed by atoms with Crippen LogP contribution in [-0.4, -0.2) is 5.97 Å². The number of hydrogen-bond donors (Lipinski definition) is 0. The molecule has 0 fully saturated rings. The Hall–Kier alpha value is -1.75. The second-order valence-electron chi connectivity index (χ2n) is 4.84. The van der Waals surface area contributed by atoms with E-state index in [4.69, 9.17) is 11.2 Å². The van der Waals surface area contributed by atoms with Gasteiger partial charge in [-0.3, -0.25) is 4.79 Å². The molecule has 2 atom stereocenters. The SMILES string of the molecule is C#CC(CC(C)C)C(=O)OC(C)c1ccccc1. The van der Waals surface area contributed by atoms with E-state index >= 15 is 0 Å². The van der Waals surface area contributed by atoms with Crippen LogP contribution in [0.3, 0.4) is 0 Å². The average Bonchev–Trinajstić information content (AvgIpc) is 2.36. The number of benzene rings is 1. The van der Waals surface area contributed by atoms with Crippen molar-refractivity contribution in [1.29, 1.82) is 0 Å². The molecule has 96 valence electrons. The minimum absolute atomic E-state index is 0.262. The van der Waals surface area contributed by atoms with Crippen molar-refractivity contribution in [2.24, 2.45) is 11.8 Å². The third-order valence-electron chi connectivity index (χ3n) is 2.75. The van der Waals surface area contributed by atoms with Gasteiger partial charge < -0.3 is 4.74 Å². The van der Waals surface area contributed by atoms with Crippen LogP contribution in [0.4, 0.5) is 0 Å². The Morgan fingerprint density at radius 2 is 1.89 bits per heavy atom. The van der Waals surface area contributed by atoms with Gasteiger partial charge in [0.25, 0.3) is 0 Å². The van der Waals surface area contributed by atoms with Crippen molar-refractivity contribution >= 4 is 5.97 Å². The summed E-state index contributed by atoms with van der Waals surface area (Å²) in [6.45, 7) is 5.94. The van der Waals surface area contributed by atoms with Gasteiger partial charge in [-0.2, -0.15) is 0 Å². The maximum Gasteiger partial charge on any atom is 0.321 e. The van der Waals surface area contributed by atoms with Crippen molar-refractivity contribution in [2.75, 3.05) is 0 Å². The molecule has 1 aromatic rings. The normalized spacial score (nSPS) is 13.7. The van der Waals surface area contributed by atoms with Crippen molar-refractivity contribution in [2.45, 2.75) is 33.3 Å². The maximum atomic E-state index is 11.9. The van der Waals surface area contributed by atoms with E-state index in [9.17, 15) is 4.79 Å². The minimum atomic E-state index is -0.448. The zero-order valence-electron chi connectivity index (χ0n) is 11.2. The molecular weight excluding hydrogens is 224 g/mol. The standard InChI is InChI=1S/C16H20O2/c1-5-14(11-12(2)3)16(17)18-13(4)15-9-7-6-8-10-15/h1,6-10,12-14H,11H2,2-4H3. The van der Waals surface area contributed by atoms with Gasteiger partial charge in [0, 0.05) is 0 Å². The highest BCUT2D eigenvalue weighted by molar-refractivity contribution is 5.75. The number of esters is 1. The third-order valence-corrected chi connectivity index (χ3v) is 2.75. The van der Waals surface area contributed by atoms with Gasteiger partial charge in [0.05, 0.1) is 0 Å². The minimum Gasteiger partial charge on any atom is -0.457 e. The zero-order chi connectivity index (χ0) is 13.5. The first-order valence-corrected chi connectivity index (χ1v) is 6.26. The number of rotatable bonds is 5. The first-order chi connectivity index (χ1) is 8.54. The van der Waals surface area contributed by atoms with E-state index in [1.54, 1.807) is 0 Å². The molecule has 18 heavy (non-hydrogen) atoms. The van der Waals surface area contributed by atoms with Gasteiger partial charge in [-0.25, -0.2) is 0 Å². The molecule has 0 aliphatic rings. The van der Waals surface area contributed by atoms with E-state index in [1.807, 2.05) is 51.1 Å². The van der Waals surface area contributed by atoms with Gasteiger partial charge in [0.15, 0.2) is 0 Å². The van der Waals surface area contributed by atoms with Crippen LogP contribution in [0.5, 0.6) is 0 Å². The van der Waals surface area contributed by atoms with Crippen LogP contribution in [0, 0.1) is 24.2 Å². The second kappa shape index (κ2) is 6.86. The lowest BCUT2D eigenvalue weighted by Gasteiger charge is -2.17. The summed E-state index contributed by atoms with van der Waals surface area (Å²) in [4.78, 5) is 11.9. The molecule has 0 aliphatic carbocycles. The molecule has 2 heteroatoms. The summed E-state index contributed by atoms with van der Waals surface area (Å²) in [6, 6.07) is 9.65. The molecule has 2 unspecified atom stereocenters. The molecule has 0 amide bonds. The Labute approximate surface area is 109 Å². The lowest BCUT2D eigenvalue weighted by Crippen LogP contribution is -2.19. The van der Waals surface area contributed by atoms with Crippen molar-refractivity contribution in [3.05, 3.63) is 35.9 Å². The highest BCUT2D eigenvalue weighted by atomic mass is 16.5. The molecule has 0 saturated heterocycles. The predicted molar refractivity (Wildman–Crippen MR) is 72.7 cm³/mol. The molecule has 1 rings (SSSR count). The molecule has 2 nitrogen and oxygen atoms in total. The topological polar surface area (TPSA) is 26.3 Å². The number of carbonyl (C=O) groups excluding carboxylic acids is 1. The Kier molecular flexibility index (Phi) is 5.45. The molecule has 0 saturated carbocycles. The quantitative estimate of drug-likeness (QED) is 0.584. The average molecular weight is 244 g/mol. The molecular formula is C16H20O2. The Morgan fingerprint density at radius 1 is 1.28 bits per heavy atom. The number of terminal acetylenes is 1. The molecule has 0 spiro atoms. The van der Waals surface area contributed by atoms with Crippen molar-refractivity contribution in [1.82, 2.24) is 0 Å². The first kappa shape index (κ1) is 14.3. The van der Waals surface area contributed by atoms with Gasteiger partial charge in [-0.15, -0.1) is 6.42 Å². The summed E-state index contributed by atoms with van der Waals surface area (Å²) in [6.07, 6.45) is 5.79. The van der Waals surface area contributed by atoms with E-state index in [1.165, 1.54) is 0 Å². The van der Waals surface area contributed by atoms with Gasteiger partial charge in [-0.05, 0) is 24.8 Å². The Morgan fingerprint density at radius 3 is 2.39 bits per heavy atom. The highest BCUT2D eigenvalue weighted by Crippen LogP contribution is 2.20. The van der Waals surface area contributed by atoms with Crippen LogP contribution >= 0.6 is 0 Å². The first-order valence-electron chi connectivity index (χ1n) is 6.26. The van der Waals surface area contributed by atoms with Gasteiger partial charge in [0.1, 0.15) is 12.0 Å². The van der Waals surface area contributed by atoms with E-state index in [2.05, 4.69) is 5.92 Å². The van der Waals surface area contributed by atoms with E-state index in [0.717, 1.165) is 5.56 Å². The molecule has 0 bridgehead atoms. The van der Waals surface area contributed by atoms with E-state index in [0.29, 0.717) is 12.3 Å². The summed E-state index contributed by atoms with van der Waals surface area (Å²) >= 11 is 0. The Bertz CT molecular complexity index is 414. The summed E-state index contributed by atoms with van der Waals surface area (Å²) in [5.41, 5.74) is 0.978. The molecule has 0 N–H and O–H groups in total. The van der Waals surface area contributed by atoms with Gasteiger partial charge >= 0.3 is 5.97 Å². The fourth-order valence-corrected chi connectivity index (χ4v) is 1.75. The molecule has 0 radical (unpaired) electrons. The van der Waals surface area contributed by atoms with E-state index < -0.39 is 5.92 Å². The highest BCUT2D eigenvalue weighted by Gasteiger charge is 2.21. The van der Waals surface area contributed by atoms with E-state index in [-0.39, 0.29) is 12.1 Å². The van der Waals surface area contributed by atoms with Crippen molar-refractivity contribution < 1.29 is 9.53 Å². The van der Waals surface area contributed by atoms with Gasteiger partial charge in [-0.1, -0.05) is 50.1 Å². The second-order valence-corrected chi connectivity index (χ2v) is 4.84. The summed E-state index contributed by atoms with van der Waals surface area (Å²) in [5, 5.41) is 0. The molecule has 0 heterocycles. The lowest BCUT2D eigenvalue weighted by molar-refractivity contribution is -0.152. The summed E-state index contributed by atoms with van der Waals surface area (Å²) in [5.74, 6) is 2.14. The fraction of sp³-hybridized carbons (Fsp3) is 0.438. The Balaban J connectivity index is 2.61. The lowest BCUT2D eigenvalue weighted by atomic mass is 9.98. The predicted octanol–water partition coefficient (Wildman–Crippen LogP) is 3.59. The smallest absolute Gasteiger partial charge is 0.321 e. The van der Waals surface area contributed by atoms with Crippen molar-refractivity contribution in [3.8, 4) is 12.3 Å². The summed E-state index contributed by atoms with van der Waals surface area (Å²) in [7, 11) is 0. The molecule has 0 aromatic heterocycles. The largest absolute Gasteiger partial charge is 0.457 e. The summed E-state index contributed by atoms with van der Waals surface area (Å²) < 4.78 is 5.41. The van der Waals surface area contributed by atoms with Crippen LogP contribution in [0.2, 0.25) is 0 Å². The molecule has 1 aromatic carbocycles. The van der Waals surface area contributed by atoms with Crippen LogP contribution < -0.4 is 0 Å². The molecule has 0 aliphatic heterocycles. The number of hydrogen-bond acceptors (Lipinski definition) is 2. The monoisotopic (exact) mass is 244 g/mol.